The summed E-state index contributed by atoms with van der Waals surface area (Å²) in [6, 6.07) is 4.65. The molecule has 0 aliphatic heterocycles. The molecule has 1 aromatic carbocycles. The van der Waals surface area contributed by atoms with Gasteiger partial charge in [0.05, 0.1) is 10.5 Å². The first kappa shape index (κ1) is 22.8. The third kappa shape index (κ3) is 5.77. The van der Waals surface area contributed by atoms with E-state index in [1.54, 1.807) is 7.05 Å². The van der Waals surface area contributed by atoms with Crippen LogP contribution >= 0.6 is 0 Å². The molecule has 1 aliphatic rings. The minimum absolute atomic E-state index is 0.0157. The molecule has 1 saturated carbocycles. The number of nitrogens with one attached hydrogen (secondary N) is 2. The summed E-state index contributed by atoms with van der Waals surface area (Å²) < 4.78 is 32.1. The average Bonchev–Trinajstić information content (AvgIpc) is 2.73. The second-order valence-corrected chi connectivity index (χ2v) is 8.95. The Morgan fingerprint density at radius 3 is 2.24 bits per heavy atom. The summed E-state index contributed by atoms with van der Waals surface area (Å²) in [5, 5.41) is 4.22. The number of hydrogen-bond donors (Lipinski definition) is 2. The van der Waals surface area contributed by atoms with Crippen LogP contribution in [0.25, 0.3) is 0 Å². The maximum absolute atomic E-state index is 12.8. The molecular formula is C19H27N3O6S. The van der Waals surface area contributed by atoms with Gasteiger partial charge in [-0.15, -0.1) is 0 Å². The molecular weight excluding hydrogens is 398 g/mol. The van der Waals surface area contributed by atoms with Crippen LogP contribution in [-0.2, 0) is 19.6 Å². The Morgan fingerprint density at radius 1 is 1.10 bits per heavy atom. The Hall–Kier alpha value is -2.46. The highest BCUT2D eigenvalue weighted by molar-refractivity contribution is 7.89. The highest BCUT2D eigenvalue weighted by Gasteiger charge is 2.29. The predicted octanol–water partition coefficient (Wildman–Crippen LogP) is 1.64. The molecule has 0 saturated heterocycles. The molecule has 1 unspecified atom stereocenters. The van der Waals surface area contributed by atoms with Crippen LogP contribution < -0.4 is 10.6 Å². The molecule has 1 aromatic rings. The molecule has 0 radical (unpaired) electrons. The summed E-state index contributed by atoms with van der Waals surface area (Å²) in [5.41, 5.74) is 0.101. The van der Waals surface area contributed by atoms with Gasteiger partial charge < -0.3 is 10.1 Å². The van der Waals surface area contributed by atoms with Crippen molar-refractivity contribution >= 4 is 27.9 Å². The summed E-state index contributed by atoms with van der Waals surface area (Å²) >= 11 is 0. The zero-order valence-corrected chi connectivity index (χ0v) is 17.6. The Morgan fingerprint density at radius 2 is 1.69 bits per heavy atom. The molecule has 1 fully saturated rings. The standard InChI is InChI=1S/C19H27N3O6S/c1-13(17(23)21-19(25)20-2)28-18(24)14-9-11-16(12-10-14)29(26,27)22(3)15-7-5-4-6-8-15/h9-13,15H,4-8H2,1-3H3,(H2,20,21,23,25). The van der Waals surface area contributed by atoms with Gasteiger partial charge >= 0.3 is 12.0 Å². The van der Waals surface area contributed by atoms with Crippen LogP contribution in [-0.4, -0.2) is 56.9 Å². The Balaban J connectivity index is 2.04. The summed E-state index contributed by atoms with van der Waals surface area (Å²) in [6.45, 7) is 1.33. The van der Waals surface area contributed by atoms with Gasteiger partial charge in [0.15, 0.2) is 6.10 Å². The third-order valence-corrected chi connectivity index (χ3v) is 6.90. The number of benzene rings is 1. The lowest BCUT2D eigenvalue weighted by molar-refractivity contribution is -0.127. The Labute approximate surface area is 170 Å². The molecule has 2 N–H and O–H groups in total. The van der Waals surface area contributed by atoms with E-state index in [0.29, 0.717) is 0 Å². The second kappa shape index (κ2) is 9.84. The fourth-order valence-corrected chi connectivity index (χ4v) is 4.54. The topological polar surface area (TPSA) is 122 Å². The summed E-state index contributed by atoms with van der Waals surface area (Å²) in [7, 11) is -0.730. The fraction of sp³-hybridized carbons (Fsp3) is 0.526. The van der Waals surface area contributed by atoms with Crippen molar-refractivity contribution in [3.05, 3.63) is 29.8 Å². The van der Waals surface area contributed by atoms with Gasteiger partial charge in [0.2, 0.25) is 10.0 Å². The SMILES string of the molecule is CNC(=O)NC(=O)C(C)OC(=O)c1ccc(S(=O)(=O)N(C)C2CCCCC2)cc1. The first-order chi connectivity index (χ1) is 13.7. The van der Waals surface area contributed by atoms with E-state index in [4.69, 9.17) is 4.74 Å². The van der Waals surface area contributed by atoms with Crippen molar-refractivity contribution in [2.24, 2.45) is 0 Å². The van der Waals surface area contributed by atoms with E-state index >= 15 is 0 Å². The van der Waals surface area contributed by atoms with Gasteiger partial charge in [-0.1, -0.05) is 19.3 Å². The van der Waals surface area contributed by atoms with Crippen molar-refractivity contribution in [1.29, 1.82) is 0 Å². The zero-order chi connectivity index (χ0) is 21.6. The van der Waals surface area contributed by atoms with Crippen LogP contribution in [0.3, 0.4) is 0 Å². The Bertz CT molecular complexity index is 847. The number of ether oxygens (including phenoxy) is 1. The molecule has 0 heterocycles. The van der Waals surface area contributed by atoms with Gasteiger partial charge in [-0.2, -0.15) is 4.31 Å². The first-order valence-corrected chi connectivity index (χ1v) is 10.9. The van der Waals surface area contributed by atoms with Crippen LogP contribution in [0.15, 0.2) is 29.2 Å². The molecule has 0 spiro atoms. The first-order valence-electron chi connectivity index (χ1n) is 9.48. The summed E-state index contributed by atoms with van der Waals surface area (Å²) in [4.78, 5) is 35.2. The van der Waals surface area contributed by atoms with Crippen molar-refractivity contribution in [2.75, 3.05) is 14.1 Å². The molecule has 0 bridgehead atoms. The van der Waals surface area contributed by atoms with Crippen LogP contribution in [0.2, 0.25) is 0 Å². The second-order valence-electron chi connectivity index (χ2n) is 6.95. The number of hydrogen-bond acceptors (Lipinski definition) is 6. The van der Waals surface area contributed by atoms with Crippen LogP contribution in [0.5, 0.6) is 0 Å². The Kier molecular flexibility index (Phi) is 7.74. The highest BCUT2D eigenvalue weighted by atomic mass is 32.2. The average molecular weight is 426 g/mol. The van der Waals surface area contributed by atoms with Crippen LogP contribution in [0.4, 0.5) is 4.79 Å². The lowest BCUT2D eigenvalue weighted by Crippen LogP contribution is -2.43. The smallest absolute Gasteiger partial charge is 0.338 e. The van der Waals surface area contributed by atoms with Gasteiger partial charge in [0.1, 0.15) is 0 Å². The van der Waals surface area contributed by atoms with E-state index in [1.165, 1.54) is 42.5 Å². The maximum atomic E-state index is 12.8. The number of sulfonamides is 1. The van der Waals surface area contributed by atoms with Crippen molar-refractivity contribution in [2.45, 2.75) is 56.1 Å². The fourth-order valence-electron chi connectivity index (χ4n) is 3.13. The van der Waals surface area contributed by atoms with Crippen LogP contribution in [0.1, 0.15) is 49.4 Å². The van der Waals surface area contributed by atoms with E-state index in [0.717, 1.165) is 32.1 Å². The number of imide groups is 1. The number of carbonyl (C=O) groups is 3. The zero-order valence-electron chi connectivity index (χ0n) is 16.8. The molecule has 0 aromatic heterocycles. The largest absolute Gasteiger partial charge is 0.449 e. The number of amides is 3. The van der Waals surface area contributed by atoms with Crippen LogP contribution in [0, 0.1) is 0 Å². The normalized spacial score (nSPS) is 16.1. The number of rotatable bonds is 6. The van der Waals surface area contributed by atoms with Gasteiger partial charge in [-0.3, -0.25) is 10.1 Å². The molecule has 160 valence electrons. The minimum atomic E-state index is -3.66. The third-order valence-electron chi connectivity index (χ3n) is 4.97. The summed E-state index contributed by atoms with van der Waals surface area (Å²) in [5.74, 6) is -1.57. The predicted molar refractivity (Wildman–Crippen MR) is 106 cm³/mol. The van der Waals surface area contributed by atoms with Gasteiger partial charge in [0, 0.05) is 20.1 Å². The van der Waals surface area contributed by atoms with Crippen molar-refractivity contribution in [1.82, 2.24) is 14.9 Å². The van der Waals surface area contributed by atoms with Crippen molar-refractivity contribution in [3.8, 4) is 0 Å². The van der Waals surface area contributed by atoms with Gasteiger partial charge in [-0.25, -0.2) is 18.0 Å². The van der Waals surface area contributed by atoms with E-state index in [9.17, 15) is 22.8 Å². The quantitative estimate of drug-likeness (QED) is 0.668. The van der Waals surface area contributed by atoms with Crippen molar-refractivity contribution < 1.29 is 27.5 Å². The van der Waals surface area contributed by atoms with Crippen molar-refractivity contribution in [3.63, 3.8) is 0 Å². The molecule has 1 aliphatic carbocycles. The molecule has 10 heteroatoms. The number of esters is 1. The minimum Gasteiger partial charge on any atom is -0.449 e. The molecule has 9 nitrogen and oxygen atoms in total. The monoisotopic (exact) mass is 425 g/mol. The van der Waals surface area contributed by atoms with Gasteiger partial charge in [0.25, 0.3) is 5.91 Å². The van der Waals surface area contributed by atoms with E-state index in [1.807, 2.05) is 5.32 Å². The number of urea groups is 1. The maximum Gasteiger partial charge on any atom is 0.338 e. The molecule has 1 atom stereocenters. The molecule has 2 rings (SSSR count). The number of nitrogens with zero attached hydrogens (tertiary/aromatic N) is 1. The van der Waals surface area contributed by atoms with E-state index in [2.05, 4.69) is 5.32 Å². The van der Waals surface area contributed by atoms with E-state index in [-0.39, 0.29) is 16.5 Å². The molecule has 3 amide bonds. The molecule has 29 heavy (non-hydrogen) atoms. The lowest BCUT2D eigenvalue weighted by atomic mass is 9.96. The highest BCUT2D eigenvalue weighted by Crippen LogP contribution is 2.26. The summed E-state index contributed by atoms with van der Waals surface area (Å²) in [6.07, 6.45) is 3.65. The lowest BCUT2D eigenvalue weighted by Gasteiger charge is -2.30. The van der Waals surface area contributed by atoms with E-state index < -0.39 is 34.0 Å². The van der Waals surface area contributed by atoms with Gasteiger partial charge in [-0.05, 0) is 44.0 Å². The number of carbonyl (C=O) groups excluding carboxylic acids is 3.